The molecule has 18 heavy (non-hydrogen) atoms. The molecule has 0 amide bonds. The average molecular weight is 252 g/mol. The number of aliphatic hydroxyl groups excluding tert-OH is 1. The van der Waals surface area contributed by atoms with E-state index in [-0.39, 0.29) is 18.9 Å². The Bertz CT molecular complexity index is 430. The highest BCUT2D eigenvalue weighted by Gasteiger charge is 2.19. The van der Waals surface area contributed by atoms with Crippen molar-refractivity contribution in [2.24, 2.45) is 0 Å². The summed E-state index contributed by atoms with van der Waals surface area (Å²) < 4.78 is 5.39. The van der Waals surface area contributed by atoms with Crippen LogP contribution in [0.3, 0.4) is 0 Å². The molecule has 0 atom stereocenters. The summed E-state index contributed by atoms with van der Waals surface area (Å²) in [5.74, 6) is 0.472. The van der Waals surface area contributed by atoms with Gasteiger partial charge in [-0.1, -0.05) is 0 Å². The van der Waals surface area contributed by atoms with Gasteiger partial charge >= 0.3 is 0 Å². The molecule has 98 valence electrons. The Morgan fingerprint density at radius 3 is 2.72 bits per heavy atom. The number of hydrogen-bond acceptors (Lipinski definition) is 5. The van der Waals surface area contributed by atoms with Gasteiger partial charge in [-0.3, -0.25) is 10.1 Å². The van der Waals surface area contributed by atoms with Crippen LogP contribution in [0.4, 0.5) is 11.4 Å². The number of nitro benzene ring substituents is 1. The number of nitrogens with zero attached hydrogens (tertiary/aromatic N) is 2. The predicted octanol–water partition coefficient (Wildman–Crippen LogP) is 1.57. The van der Waals surface area contributed by atoms with Crippen molar-refractivity contribution >= 4 is 11.4 Å². The number of ether oxygens (including phenoxy) is 1. The van der Waals surface area contributed by atoms with Crippen molar-refractivity contribution in [2.75, 3.05) is 31.2 Å². The lowest BCUT2D eigenvalue weighted by Gasteiger charge is -2.20. The zero-order chi connectivity index (χ0) is 13.0. The Hall–Kier alpha value is -1.82. The summed E-state index contributed by atoms with van der Waals surface area (Å²) in [4.78, 5) is 12.5. The fourth-order valence-electron chi connectivity index (χ4n) is 2.11. The lowest BCUT2D eigenvalue weighted by atomic mass is 10.2. The first-order valence-corrected chi connectivity index (χ1v) is 5.99. The second-order valence-electron chi connectivity index (χ2n) is 4.18. The van der Waals surface area contributed by atoms with Gasteiger partial charge in [0.1, 0.15) is 12.4 Å². The maximum absolute atomic E-state index is 10.7. The molecule has 0 radical (unpaired) electrons. The Balaban J connectivity index is 2.28. The highest BCUT2D eigenvalue weighted by Crippen LogP contribution is 2.34. The number of non-ortho nitro benzene ring substituents is 1. The van der Waals surface area contributed by atoms with Crippen molar-refractivity contribution in [3.05, 3.63) is 28.3 Å². The number of rotatable bonds is 5. The van der Waals surface area contributed by atoms with Gasteiger partial charge in [0.15, 0.2) is 0 Å². The van der Waals surface area contributed by atoms with E-state index in [1.165, 1.54) is 12.1 Å². The monoisotopic (exact) mass is 252 g/mol. The molecule has 6 heteroatoms. The van der Waals surface area contributed by atoms with Gasteiger partial charge in [0.25, 0.3) is 5.69 Å². The summed E-state index contributed by atoms with van der Waals surface area (Å²) in [7, 11) is 0. The lowest BCUT2D eigenvalue weighted by Crippen LogP contribution is -2.19. The summed E-state index contributed by atoms with van der Waals surface area (Å²) in [5, 5.41) is 19.5. The highest BCUT2D eigenvalue weighted by molar-refractivity contribution is 5.62. The van der Waals surface area contributed by atoms with Crippen LogP contribution in [0.2, 0.25) is 0 Å². The van der Waals surface area contributed by atoms with Crippen LogP contribution in [0.25, 0.3) is 0 Å². The van der Waals surface area contributed by atoms with Crippen molar-refractivity contribution in [2.45, 2.75) is 12.8 Å². The number of hydrogen-bond donors (Lipinski definition) is 1. The molecule has 1 aromatic carbocycles. The molecule has 0 bridgehead atoms. The van der Waals surface area contributed by atoms with Gasteiger partial charge in [0, 0.05) is 19.2 Å². The molecule has 0 aromatic heterocycles. The van der Waals surface area contributed by atoms with E-state index in [1.54, 1.807) is 6.07 Å². The van der Waals surface area contributed by atoms with Crippen LogP contribution in [0.1, 0.15) is 12.8 Å². The molecule has 1 saturated heterocycles. The third-order valence-electron chi connectivity index (χ3n) is 2.95. The van der Waals surface area contributed by atoms with Crippen LogP contribution in [-0.4, -0.2) is 36.3 Å². The molecular formula is C12H16N2O4. The fourth-order valence-corrected chi connectivity index (χ4v) is 2.11. The summed E-state index contributed by atoms with van der Waals surface area (Å²) in [5.41, 5.74) is 0.873. The molecule has 0 spiro atoms. The Morgan fingerprint density at radius 1 is 1.39 bits per heavy atom. The first kappa shape index (κ1) is 12.6. The third kappa shape index (κ3) is 2.70. The maximum Gasteiger partial charge on any atom is 0.273 e. The van der Waals surface area contributed by atoms with Crippen molar-refractivity contribution in [3.8, 4) is 5.75 Å². The molecule has 6 nitrogen and oxygen atoms in total. The van der Waals surface area contributed by atoms with Gasteiger partial charge in [-0.25, -0.2) is 0 Å². The number of nitro groups is 1. The van der Waals surface area contributed by atoms with Gasteiger partial charge in [0.05, 0.1) is 23.3 Å². The Kier molecular flexibility index (Phi) is 3.99. The first-order valence-electron chi connectivity index (χ1n) is 5.99. The van der Waals surface area contributed by atoms with Crippen molar-refractivity contribution in [1.82, 2.24) is 0 Å². The minimum Gasteiger partial charge on any atom is -0.489 e. The smallest absolute Gasteiger partial charge is 0.273 e. The zero-order valence-electron chi connectivity index (χ0n) is 10.0. The average Bonchev–Trinajstić information content (AvgIpc) is 2.89. The molecule has 2 rings (SSSR count). The maximum atomic E-state index is 10.7. The van der Waals surface area contributed by atoms with Crippen LogP contribution in [0, 0.1) is 10.1 Å². The highest BCUT2D eigenvalue weighted by atomic mass is 16.6. The molecule has 1 heterocycles. The molecule has 1 fully saturated rings. The van der Waals surface area contributed by atoms with Crippen LogP contribution in [-0.2, 0) is 0 Å². The van der Waals surface area contributed by atoms with Crippen molar-refractivity contribution in [1.29, 1.82) is 0 Å². The van der Waals surface area contributed by atoms with Crippen molar-refractivity contribution in [3.63, 3.8) is 0 Å². The number of anilines is 1. The van der Waals surface area contributed by atoms with E-state index in [4.69, 9.17) is 9.84 Å². The normalized spacial score (nSPS) is 14.8. The van der Waals surface area contributed by atoms with Crippen LogP contribution < -0.4 is 9.64 Å². The predicted molar refractivity (Wildman–Crippen MR) is 67.1 cm³/mol. The summed E-state index contributed by atoms with van der Waals surface area (Å²) in [6.07, 6.45) is 2.24. The van der Waals surface area contributed by atoms with E-state index in [0.717, 1.165) is 31.6 Å². The van der Waals surface area contributed by atoms with E-state index in [0.29, 0.717) is 5.75 Å². The number of aliphatic hydroxyl groups is 1. The molecular weight excluding hydrogens is 236 g/mol. The summed E-state index contributed by atoms with van der Waals surface area (Å²) >= 11 is 0. The standard InChI is InChI=1S/C12H16N2O4/c15-7-8-18-12-9-10(14(16)17)3-4-11(12)13-5-1-2-6-13/h3-4,9,15H,1-2,5-8H2. The first-order chi connectivity index (χ1) is 8.72. The second-order valence-corrected chi connectivity index (χ2v) is 4.18. The van der Waals surface area contributed by atoms with Gasteiger partial charge < -0.3 is 14.7 Å². The molecule has 1 aliphatic rings. The molecule has 0 aliphatic carbocycles. The Labute approximate surface area is 105 Å². The zero-order valence-corrected chi connectivity index (χ0v) is 10.0. The summed E-state index contributed by atoms with van der Waals surface area (Å²) in [6.45, 7) is 1.91. The van der Waals surface area contributed by atoms with Crippen LogP contribution in [0.5, 0.6) is 5.75 Å². The van der Waals surface area contributed by atoms with Crippen LogP contribution >= 0.6 is 0 Å². The minimum atomic E-state index is -0.445. The number of benzene rings is 1. The molecule has 1 aliphatic heterocycles. The topological polar surface area (TPSA) is 75.8 Å². The van der Waals surface area contributed by atoms with E-state index in [1.807, 2.05) is 0 Å². The third-order valence-corrected chi connectivity index (χ3v) is 2.95. The molecule has 1 aromatic rings. The van der Waals surface area contributed by atoms with Gasteiger partial charge in [-0.2, -0.15) is 0 Å². The largest absolute Gasteiger partial charge is 0.489 e. The van der Waals surface area contributed by atoms with Gasteiger partial charge in [0.2, 0.25) is 0 Å². The van der Waals surface area contributed by atoms with Gasteiger partial charge in [-0.05, 0) is 18.9 Å². The van der Waals surface area contributed by atoms with E-state index < -0.39 is 4.92 Å². The van der Waals surface area contributed by atoms with Gasteiger partial charge in [-0.15, -0.1) is 0 Å². The second kappa shape index (κ2) is 5.68. The molecule has 0 saturated carbocycles. The quantitative estimate of drug-likeness (QED) is 0.635. The fraction of sp³-hybridized carbons (Fsp3) is 0.500. The minimum absolute atomic E-state index is 0.00545. The SMILES string of the molecule is O=[N+]([O-])c1ccc(N2CCCC2)c(OCCO)c1. The Morgan fingerprint density at radius 2 is 2.11 bits per heavy atom. The summed E-state index contributed by atoms with van der Waals surface area (Å²) in [6, 6.07) is 4.62. The molecule has 1 N–H and O–H groups in total. The van der Waals surface area contributed by atoms with E-state index in [9.17, 15) is 10.1 Å². The molecule has 0 unspecified atom stereocenters. The lowest BCUT2D eigenvalue weighted by molar-refractivity contribution is -0.384. The van der Waals surface area contributed by atoms with E-state index in [2.05, 4.69) is 4.90 Å². The van der Waals surface area contributed by atoms with Crippen LogP contribution in [0.15, 0.2) is 18.2 Å². The van der Waals surface area contributed by atoms with Crippen molar-refractivity contribution < 1.29 is 14.8 Å². The van der Waals surface area contributed by atoms with E-state index >= 15 is 0 Å².